The number of carbonyl (C=O) groups is 1. The van der Waals surface area contributed by atoms with Crippen molar-refractivity contribution in [3.63, 3.8) is 0 Å². The number of amides is 1. The third kappa shape index (κ3) is 4.84. The zero-order chi connectivity index (χ0) is 20.1. The number of sulfonamides is 1. The molecule has 1 fully saturated rings. The second-order valence-electron chi connectivity index (χ2n) is 6.74. The van der Waals surface area contributed by atoms with Crippen LogP contribution in [0.15, 0.2) is 47.4 Å². The van der Waals surface area contributed by atoms with Crippen LogP contribution in [0.1, 0.15) is 36.5 Å². The van der Waals surface area contributed by atoms with Gasteiger partial charge in [-0.15, -0.1) is 0 Å². The number of carbonyl (C=O) groups excluding carboxylic acids is 1. The average Bonchev–Trinajstić information content (AvgIpc) is 3.20. The molecule has 0 spiro atoms. The molecule has 0 radical (unpaired) electrons. The maximum atomic E-state index is 12.9. The predicted octanol–water partition coefficient (Wildman–Crippen LogP) is 3.88. The van der Waals surface area contributed by atoms with Gasteiger partial charge in [-0.1, -0.05) is 24.6 Å². The summed E-state index contributed by atoms with van der Waals surface area (Å²) in [4.78, 5) is 14.9. The lowest BCUT2D eigenvalue weighted by atomic mass is 10.1. The molecule has 1 saturated heterocycles. The Morgan fingerprint density at radius 2 is 1.89 bits per heavy atom. The summed E-state index contributed by atoms with van der Waals surface area (Å²) in [6.45, 7) is 3.87. The van der Waals surface area contributed by atoms with Gasteiger partial charge in [0.15, 0.2) is 0 Å². The number of nitrogens with zero attached hydrogens (tertiary/aromatic N) is 1. The highest BCUT2D eigenvalue weighted by atomic mass is 35.5. The van der Waals surface area contributed by atoms with E-state index in [4.69, 9.17) is 11.6 Å². The maximum absolute atomic E-state index is 12.9. The van der Waals surface area contributed by atoms with Crippen molar-refractivity contribution in [1.82, 2.24) is 4.72 Å². The van der Waals surface area contributed by atoms with Crippen LogP contribution in [-0.2, 0) is 10.0 Å². The first-order valence-corrected chi connectivity index (χ1v) is 11.2. The highest BCUT2D eigenvalue weighted by molar-refractivity contribution is 7.89. The fourth-order valence-corrected chi connectivity index (χ4v) is 4.75. The number of rotatable bonds is 7. The van der Waals surface area contributed by atoms with E-state index in [0.29, 0.717) is 29.4 Å². The average molecular weight is 422 g/mol. The molecule has 0 bridgehead atoms. The van der Waals surface area contributed by atoms with Crippen molar-refractivity contribution in [2.45, 2.75) is 31.1 Å². The highest BCUT2D eigenvalue weighted by Crippen LogP contribution is 2.29. The molecule has 0 aromatic heterocycles. The molecule has 1 aliphatic rings. The topological polar surface area (TPSA) is 78.5 Å². The van der Waals surface area contributed by atoms with Gasteiger partial charge in [-0.3, -0.25) is 4.79 Å². The van der Waals surface area contributed by atoms with Gasteiger partial charge < -0.3 is 10.2 Å². The van der Waals surface area contributed by atoms with Crippen LogP contribution < -0.4 is 14.9 Å². The molecule has 8 heteroatoms. The first-order chi connectivity index (χ1) is 13.4. The van der Waals surface area contributed by atoms with E-state index in [2.05, 4.69) is 14.9 Å². The molecule has 3 rings (SSSR count). The molecule has 0 aliphatic carbocycles. The molecule has 150 valence electrons. The van der Waals surface area contributed by atoms with Crippen molar-refractivity contribution >= 4 is 38.9 Å². The zero-order valence-corrected chi connectivity index (χ0v) is 17.3. The van der Waals surface area contributed by atoms with Gasteiger partial charge in [0.1, 0.15) is 4.90 Å². The van der Waals surface area contributed by atoms with E-state index in [9.17, 15) is 13.2 Å². The molecule has 6 nitrogen and oxygen atoms in total. The van der Waals surface area contributed by atoms with Crippen LogP contribution in [0, 0.1) is 0 Å². The smallest absolute Gasteiger partial charge is 0.255 e. The summed E-state index contributed by atoms with van der Waals surface area (Å²) in [7, 11) is -3.72. The molecule has 1 aliphatic heterocycles. The van der Waals surface area contributed by atoms with Crippen LogP contribution in [0.25, 0.3) is 0 Å². The Hall–Kier alpha value is -2.09. The minimum Gasteiger partial charge on any atom is -0.370 e. The zero-order valence-electron chi connectivity index (χ0n) is 15.7. The van der Waals surface area contributed by atoms with Crippen molar-refractivity contribution in [3.8, 4) is 0 Å². The second kappa shape index (κ2) is 8.94. The molecular weight excluding hydrogens is 398 g/mol. The molecule has 2 aromatic carbocycles. The third-order valence-corrected chi connectivity index (χ3v) is 6.31. The fourth-order valence-electron chi connectivity index (χ4n) is 3.17. The van der Waals surface area contributed by atoms with Crippen molar-refractivity contribution in [2.24, 2.45) is 0 Å². The van der Waals surface area contributed by atoms with E-state index in [1.165, 1.54) is 6.07 Å². The Bertz CT molecular complexity index is 957. The quantitative estimate of drug-likeness (QED) is 0.711. The Morgan fingerprint density at radius 3 is 2.57 bits per heavy atom. The molecule has 0 saturated carbocycles. The molecular formula is C20H24ClN3O3S. The van der Waals surface area contributed by atoms with Crippen LogP contribution in [0.3, 0.4) is 0 Å². The number of benzene rings is 2. The molecule has 1 amide bonds. The van der Waals surface area contributed by atoms with Gasteiger partial charge in [-0.05, 0) is 55.7 Å². The monoisotopic (exact) mass is 421 g/mol. The Balaban J connectivity index is 1.94. The van der Waals surface area contributed by atoms with Gasteiger partial charge in [0, 0.05) is 35.9 Å². The third-order valence-electron chi connectivity index (χ3n) is 4.58. The molecule has 1 heterocycles. The van der Waals surface area contributed by atoms with Crippen molar-refractivity contribution in [2.75, 3.05) is 29.9 Å². The van der Waals surface area contributed by atoms with Gasteiger partial charge in [-0.25, -0.2) is 13.1 Å². The van der Waals surface area contributed by atoms with Crippen molar-refractivity contribution in [3.05, 3.63) is 53.1 Å². The van der Waals surface area contributed by atoms with E-state index >= 15 is 0 Å². The van der Waals surface area contributed by atoms with Crippen LogP contribution >= 0.6 is 11.6 Å². The van der Waals surface area contributed by atoms with E-state index in [1.807, 2.05) is 6.92 Å². The van der Waals surface area contributed by atoms with Crippen molar-refractivity contribution in [1.29, 1.82) is 0 Å². The molecule has 2 aromatic rings. The van der Waals surface area contributed by atoms with Gasteiger partial charge in [0.05, 0.1) is 5.69 Å². The van der Waals surface area contributed by atoms with Crippen LogP contribution in [0.5, 0.6) is 0 Å². The number of nitrogens with one attached hydrogen (secondary N) is 2. The standard InChI is InChI=1S/C20H24ClN3O3S/c1-2-10-22-28(26,27)19-13-15(8-9-18(19)24-11-3-4-12-24)20(25)23-17-7-5-6-16(21)14-17/h5-9,13-14,22H,2-4,10-12H2,1H3,(H,23,25). The summed E-state index contributed by atoms with van der Waals surface area (Å²) in [5, 5.41) is 3.27. The van der Waals surface area contributed by atoms with Gasteiger partial charge >= 0.3 is 0 Å². The van der Waals surface area contributed by atoms with Gasteiger partial charge in [0.2, 0.25) is 10.0 Å². The molecule has 0 atom stereocenters. The lowest BCUT2D eigenvalue weighted by Crippen LogP contribution is -2.28. The number of hydrogen-bond donors (Lipinski definition) is 2. The Labute approximate surface area is 170 Å². The Morgan fingerprint density at radius 1 is 1.14 bits per heavy atom. The normalized spacial score (nSPS) is 14.3. The van der Waals surface area contributed by atoms with E-state index in [-0.39, 0.29) is 16.4 Å². The predicted molar refractivity (Wildman–Crippen MR) is 113 cm³/mol. The van der Waals surface area contributed by atoms with E-state index in [0.717, 1.165) is 25.9 Å². The van der Waals surface area contributed by atoms with Crippen molar-refractivity contribution < 1.29 is 13.2 Å². The summed E-state index contributed by atoms with van der Waals surface area (Å²) >= 11 is 5.96. The summed E-state index contributed by atoms with van der Waals surface area (Å²) in [6, 6.07) is 11.6. The van der Waals surface area contributed by atoms with Gasteiger partial charge in [-0.2, -0.15) is 0 Å². The summed E-state index contributed by atoms with van der Waals surface area (Å²) in [5.41, 5.74) is 1.47. The lowest BCUT2D eigenvalue weighted by Gasteiger charge is -2.22. The largest absolute Gasteiger partial charge is 0.370 e. The molecule has 0 unspecified atom stereocenters. The van der Waals surface area contributed by atoms with E-state index in [1.54, 1.807) is 36.4 Å². The fraction of sp³-hybridized carbons (Fsp3) is 0.350. The summed E-state index contributed by atoms with van der Waals surface area (Å²) < 4.78 is 28.3. The highest BCUT2D eigenvalue weighted by Gasteiger charge is 2.25. The van der Waals surface area contributed by atoms with Crippen LogP contribution in [-0.4, -0.2) is 34.0 Å². The summed E-state index contributed by atoms with van der Waals surface area (Å²) in [5.74, 6) is -0.387. The first-order valence-electron chi connectivity index (χ1n) is 9.36. The van der Waals surface area contributed by atoms with Crippen LogP contribution in [0.4, 0.5) is 11.4 Å². The Kier molecular flexibility index (Phi) is 6.59. The van der Waals surface area contributed by atoms with Crippen LogP contribution in [0.2, 0.25) is 5.02 Å². The number of anilines is 2. The number of halogens is 1. The number of hydrogen-bond acceptors (Lipinski definition) is 4. The molecule has 2 N–H and O–H groups in total. The first kappa shape index (κ1) is 20.6. The van der Waals surface area contributed by atoms with Gasteiger partial charge in [0.25, 0.3) is 5.91 Å². The minimum absolute atomic E-state index is 0.140. The molecule has 28 heavy (non-hydrogen) atoms. The lowest BCUT2D eigenvalue weighted by molar-refractivity contribution is 0.102. The van der Waals surface area contributed by atoms with E-state index < -0.39 is 10.0 Å². The second-order valence-corrected chi connectivity index (χ2v) is 8.91. The minimum atomic E-state index is -3.72. The SMILES string of the molecule is CCCNS(=O)(=O)c1cc(C(=O)Nc2cccc(Cl)c2)ccc1N1CCCC1. The maximum Gasteiger partial charge on any atom is 0.255 e. The summed E-state index contributed by atoms with van der Waals surface area (Å²) in [6.07, 6.45) is 2.74.